The Kier molecular flexibility index (Phi) is 5.61. The van der Waals surface area contributed by atoms with Gasteiger partial charge in [0.25, 0.3) is 0 Å². The molecule has 0 saturated heterocycles. The van der Waals surface area contributed by atoms with Crippen molar-refractivity contribution in [3.63, 3.8) is 0 Å². The second kappa shape index (κ2) is 8.56. The van der Waals surface area contributed by atoms with Crippen molar-refractivity contribution in [2.24, 2.45) is 0 Å². The summed E-state index contributed by atoms with van der Waals surface area (Å²) in [6, 6.07) is 25.9. The number of carboxylic acids is 1. The molecule has 0 saturated carbocycles. The van der Waals surface area contributed by atoms with Gasteiger partial charge in [0.15, 0.2) is 0 Å². The Balaban J connectivity index is 1.45. The maximum atomic E-state index is 11.1. The number of hydrogen-bond acceptors (Lipinski definition) is 2. The molecule has 0 spiro atoms. The first-order chi connectivity index (χ1) is 15.5. The van der Waals surface area contributed by atoms with Crippen LogP contribution in [0, 0.1) is 3.57 Å². The van der Waals surface area contributed by atoms with E-state index in [0.29, 0.717) is 0 Å². The second-order valence-corrected chi connectivity index (χ2v) is 9.48. The van der Waals surface area contributed by atoms with Crippen molar-refractivity contribution in [1.82, 2.24) is 0 Å². The maximum Gasteiger partial charge on any atom is 0.335 e. The lowest BCUT2D eigenvalue weighted by molar-refractivity contribution is 0.0697. The number of fused-ring (bicyclic) bond motifs is 2. The minimum Gasteiger partial charge on any atom is -0.478 e. The van der Waals surface area contributed by atoms with Crippen LogP contribution in [0.5, 0.6) is 0 Å². The standard InChI is InChI=1S/C27H16BrIO3/c28-23-12-21(27(30)31)10-6-16(23)5-7-17-8-9-20(13-24(17)29)25-15-22-11-18-3-1-2-4-19(18)14-26(22)32-25/h1-15H,(H,30,31)/b7-5+. The van der Waals surface area contributed by atoms with E-state index < -0.39 is 5.97 Å². The molecule has 0 fully saturated rings. The van der Waals surface area contributed by atoms with Gasteiger partial charge in [-0.1, -0.05) is 70.5 Å². The van der Waals surface area contributed by atoms with Gasteiger partial charge in [-0.25, -0.2) is 4.79 Å². The van der Waals surface area contributed by atoms with Crippen molar-refractivity contribution >= 4 is 78.4 Å². The van der Waals surface area contributed by atoms with Gasteiger partial charge in [-0.3, -0.25) is 0 Å². The zero-order valence-electron chi connectivity index (χ0n) is 16.7. The molecule has 1 aromatic heterocycles. The molecule has 0 amide bonds. The Bertz CT molecular complexity index is 1480. The molecular formula is C27H16BrIO3. The molecule has 0 aliphatic carbocycles. The van der Waals surface area contributed by atoms with Crippen LogP contribution in [0.2, 0.25) is 0 Å². The highest BCUT2D eigenvalue weighted by molar-refractivity contribution is 14.1. The summed E-state index contributed by atoms with van der Waals surface area (Å²) in [6.07, 6.45) is 4.00. The number of furan rings is 1. The van der Waals surface area contributed by atoms with Crippen LogP contribution in [-0.2, 0) is 0 Å². The van der Waals surface area contributed by atoms with Crippen LogP contribution in [0.1, 0.15) is 21.5 Å². The molecule has 3 nitrogen and oxygen atoms in total. The van der Waals surface area contributed by atoms with Gasteiger partial charge in [0.1, 0.15) is 11.3 Å². The third-order valence-electron chi connectivity index (χ3n) is 5.36. The number of carboxylic acid groups (broad SMARTS) is 1. The fourth-order valence-corrected chi connectivity index (χ4v) is 4.87. The van der Waals surface area contributed by atoms with Crippen molar-refractivity contribution in [2.75, 3.05) is 0 Å². The Morgan fingerprint density at radius 2 is 1.56 bits per heavy atom. The largest absolute Gasteiger partial charge is 0.478 e. The first kappa shape index (κ1) is 21.0. The Hall–Kier alpha value is -2.90. The van der Waals surface area contributed by atoms with E-state index in [1.54, 1.807) is 18.2 Å². The summed E-state index contributed by atoms with van der Waals surface area (Å²) in [5.74, 6) is -0.0965. The third-order valence-corrected chi connectivity index (χ3v) is 6.98. The minimum absolute atomic E-state index is 0.256. The number of aromatic carboxylic acids is 1. The smallest absolute Gasteiger partial charge is 0.335 e. The molecule has 0 unspecified atom stereocenters. The predicted octanol–water partition coefficient (Wildman–Crippen LogP) is 8.49. The average Bonchev–Trinajstić information content (AvgIpc) is 3.20. The first-order valence-corrected chi connectivity index (χ1v) is 11.8. The van der Waals surface area contributed by atoms with Gasteiger partial charge >= 0.3 is 5.97 Å². The molecule has 156 valence electrons. The van der Waals surface area contributed by atoms with Gasteiger partial charge in [0.2, 0.25) is 0 Å². The highest BCUT2D eigenvalue weighted by Crippen LogP contribution is 2.32. The monoisotopic (exact) mass is 594 g/mol. The molecule has 1 N–H and O–H groups in total. The van der Waals surface area contributed by atoms with Gasteiger partial charge in [0, 0.05) is 19.0 Å². The number of carbonyl (C=O) groups is 1. The summed E-state index contributed by atoms with van der Waals surface area (Å²) in [5.41, 5.74) is 4.16. The molecule has 4 aromatic carbocycles. The molecule has 5 aromatic rings. The lowest BCUT2D eigenvalue weighted by Gasteiger charge is -2.04. The van der Waals surface area contributed by atoms with Gasteiger partial charge in [-0.15, -0.1) is 0 Å². The number of hydrogen-bond donors (Lipinski definition) is 1. The Morgan fingerprint density at radius 1 is 0.844 bits per heavy atom. The second-order valence-electron chi connectivity index (χ2n) is 7.46. The van der Waals surface area contributed by atoms with Crippen LogP contribution < -0.4 is 0 Å². The van der Waals surface area contributed by atoms with E-state index in [0.717, 1.165) is 41.5 Å². The molecule has 0 radical (unpaired) electrons. The molecule has 5 rings (SSSR count). The van der Waals surface area contributed by atoms with Crippen LogP contribution in [0.4, 0.5) is 0 Å². The van der Waals surface area contributed by atoms with Gasteiger partial charge in [-0.2, -0.15) is 0 Å². The Labute approximate surface area is 206 Å². The summed E-state index contributed by atoms with van der Waals surface area (Å²) in [4.78, 5) is 11.1. The Morgan fingerprint density at radius 3 is 2.28 bits per heavy atom. The number of benzene rings is 4. The van der Waals surface area contributed by atoms with Crippen molar-refractivity contribution in [2.45, 2.75) is 0 Å². The van der Waals surface area contributed by atoms with E-state index in [9.17, 15) is 4.79 Å². The van der Waals surface area contributed by atoms with Gasteiger partial charge < -0.3 is 9.52 Å². The fourth-order valence-electron chi connectivity index (χ4n) is 3.66. The molecule has 5 heteroatoms. The highest BCUT2D eigenvalue weighted by Gasteiger charge is 2.10. The average molecular weight is 595 g/mol. The molecule has 0 aliphatic rings. The van der Waals surface area contributed by atoms with Crippen molar-refractivity contribution in [3.05, 3.63) is 104 Å². The van der Waals surface area contributed by atoms with Gasteiger partial charge in [-0.05, 0) is 80.9 Å². The van der Waals surface area contributed by atoms with E-state index in [-0.39, 0.29) is 5.56 Å². The minimum atomic E-state index is -0.940. The summed E-state index contributed by atoms with van der Waals surface area (Å²) >= 11 is 5.78. The van der Waals surface area contributed by atoms with Crippen LogP contribution in [-0.4, -0.2) is 11.1 Å². The maximum absolute atomic E-state index is 11.1. The zero-order valence-corrected chi connectivity index (χ0v) is 20.4. The molecule has 0 bridgehead atoms. The van der Waals surface area contributed by atoms with E-state index >= 15 is 0 Å². The number of rotatable bonds is 4. The van der Waals surface area contributed by atoms with Crippen molar-refractivity contribution in [3.8, 4) is 11.3 Å². The van der Waals surface area contributed by atoms with E-state index in [2.05, 4.69) is 87.1 Å². The predicted molar refractivity (Wildman–Crippen MR) is 142 cm³/mol. The van der Waals surface area contributed by atoms with E-state index in [1.807, 2.05) is 24.3 Å². The molecule has 1 heterocycles. The zero-order chi connectivity index (χ0) is 22.2. The summed E-state index contributed by atoms with van der Waals surface area (Å²) in [5, 5.41) is 12.6. The number of halogens is 2. The SMILES string of the molecule is O=C(O)c1ccc(/C=C/c2ccc(-c3cc4cc5ccccc5cc4o3)cc2I)c(Br)c1. The highest BCUT2D eigenvalue weighted by atomic mass is 127. The topological polar surface area (TPSA) is 50.4 Å². The normalized spacial score (nSPS) is 11.6. The summed E-state index contributed by atoms with van der Waals surface area (Å²) < 4.78 is 8.00. The quantitative estimate of drug-likeness (QED) is 0.168. The molecule has 0 atom stereocenters. The molecular weight excluding hydrogens is 579 g/mol. The van der Waals surface area contributed by atoms with E-state index in [4.69, 9.17) is 9.52 Å². The lowest BCUT2D eigenvalue weighted by atomic mass is 10.1. The van der Waals surface area contributed by atoms with Crippen LogP contribution in [0.3, 0.4) is 0 Å². The van der Waals surface area contributed by atoms with Crippen molar-refractivity contribution in [1.29, 1.82) is 0 Å². The van der Waals surface area contributed by atoms with Crippen LogP contribution in [0.25, 0.3) is 45.2 Å². The van der Waals surface area contributed by atoms with Crippen LogP contribution >= 0.6 is 38.5 Å². The summed E-state index contributed by atoms with van der Waals surface area (Å²) in [6.45, 7) is 0. The van der Waals surface area contributed by atoms with E-state index in [1.165, 1.54) is 10.8 Å². The first-order valence-electron chi connectivity index (χ1n) is 9.91. The third kappa shape index (κ3) is 4.10. The summed E-state index contributed by atoms with van der Waals surface area (Å²) in [7, 11) is 0. The van der Waals surface area contributed by atoms with Crippen LogP contribution in [0.15, 0.2) is 87.8 Å². The molecule has 32 heavy (non-hydrogen) atoms. The fraction of sp³-hybridized carbons (Fsp3) is 0. The van der Waals surface area contributed by atoms with Crippen molar-refractivity contribution < 1.29 is 14.3 Å². The molecule has 0 aliphatic heterocycles. The van der Waals surface area contributed by atoms with Gasteiger partial charge in [0.05, 0.1) is 5.56 Å². The lowest BCUT2D eigenvalue weighted by Crippen LogP contribution is -1.95.